The fourth-order valence-corrected chi connectivity index (χ4v) is 3.60. The lowest BCUT2D eigenvalue weighted by atomic mass is 10.1. The van der Waals surface area contributed by atoms with Gasteiger partial charge in [0.15, 0.2) is 11.6 Å². The van der Waals surface area contributed by atoms with E-state index in [-0.39, 0.29) is 23.9 Å². The van der Waals surface area contributed by atoms with Crippen LogP contribution in [0.3, 0.4) is 0 Å². The Morgan fingerprint density at radius 3 is 2.90 bits per heavy atom. The van der Waals surface area contributed by atoms with Crippen LogP contribution < -0.4 is 9.64 Å². The van der Waals surface area contributed by atoms with Crippen molar-refractivity contribution in [3.63, 3.8) is 0 Å². The van der Waals surface area contributed by atoms with E-state index in [1.54, 1.807) is 6.07 Å². The minimum absolute atomic E-state index is 0.0255. The van der Waals surface area contributed by atoms with Gasteiger partial charge in [-0.3, -0.25) is 5.10 Å². The van der Waals surface area contributed by atoms with Gasteiger partial charge in [-0.15, -0.1) is 6.58 Å². The molecular weight excluding hydrogens is 373 g/mol. The van der Waals surface area contributed by atoms with Gasteiger partial charge >= 0.3 is 0 Å². The number of nitrogens with zero attached hydrogens (tertiary/aromatic N) is 4. The third kappa shape index (κ3) is 3.67. The summed E-state index contributed by atoms with van der Waals surface area (Å²) >= 11 is 0. The number of benzene rings is 1. The van der Waals surface area contributed by atoms with E-state index in [2.05, 4.69) is 38.6 Å². The average molecular weight is 397 g/mol. The van der Waals surface area contributed by atoms with Crippen LogP contribution in [0.2, 0.25) is 0 Å². The molecule has 0 saturated carbocycles. The quantitative estimate of drug-likeness (QED) is 0.661. The average Bonchev–Trinajstić information content (AvgIpc) is 3.10. The van der Waals surface area contributed by atoms with Crippen molar-refractivity contribution < 1.29 is 13.9 Å². The Bertz CT molecular complexity index is 1040. The summed E-state index contributed by atoms with van der Waals surface area (Å²) in [5.41, 5.74) is 1.84. The van der Waals surface area contributed by atoms with Crippen molar-refractivity contribution in [2.75, 3.05) is 18.1 Å². The molecular formula is C21H24FN5O2. The lowest BCUT2D eigenvalue weighted by molar-refractivity contribution is 0.0819. The molecule has 8 heteroatoms. The Balaban J connectivity index is 1.76. The molecule has 1 aromatic carbocycles. The van der Waals surface area contributed by atoms with E-state index < -0.39 is 5.82 Å². The van der Waals surface area contributed by atoms with Gasteiger partial charge in [0.1, 0.15) is 17.8 Å². The molecule has 0 spiro atoms. The van der Waals surface area contributed by atoms with Crippen LogP contribution in [0, 0.1) is 5.82 Å². The van der Waals surface area contributed by atoms with Gasteiger partial charge in [-0.2, -0.15) is 5.10 Å². The van der Waals surface area contributed by atoms with Crippen molar-refractivity contribution in [3.8, 4) is 17.1 Å². The number of anilines is 1. The number of H-pyrrole nitrogens is 1. The molecule has 1 fully saturated rings. The standard InChI is InChI=1S/C21H24FN5O2/c1-5-14-10-28-9-13(4)27(14)20-8-18(23-11-24-20)21-15-6-19(29-12(2)3)16(22)7-17(15)25-26-21/h5-8,11-14H,1,9-10H2,2-4H3,(H,25,26)/t13-,14+/m1/s1. The number of fused-ring (bicyclic) bond motifs is 1. The van der Waals surface area contributed by atoms with Crippen LogP contribution in [0.5, 0.6) is 5.75 Å². The molecule has 1 aliphatic heterocycles. The van der Waals surface area contributed by atoms with Crippen molar-refractivity contribution in [3.05, 3.63) is 43.0 Å². The largest absolute Gasteiger partial charge is 0.488 e. The highest BCUT2D eigenvalue weighted by Crippen LogP contribution is 2.32. The van der Waals surface area contributed by atoms with Crippen molar-refractivity contribution >= 4 is 16.7 Å². The van der Waals surface area contributed by atoms with Crippen LogP contribution in [0.1, 0.15) is 20.8 Å². The van der Waals surface area contributed by atoms with Crippen LogP contribution in [0.4, 0.5) is 10.2 Å². The summed E-state index contributed by atoms with van der Waals surface area (Å²) in [6.45, 7) is 10.9. The van der Waals surface area contributed by atoms with Crippen LogP contribution in [-0.2, 0) is 4.74 Å². The van der Waals surface area contributed by atoms with Crippen molar-refractivity contribution in [1.29, 1.82) is 0 Å². The Morgan fingerprint density at radius 1 is 1.31 bits per heavy atom. The number of nitrogens with one attached hydrogen (secondary N) is 1. The number of rotatable bonds is 5. The summed E-state index contributed by atoms with van der Waals surface area (Å²) < 4.78 is 25.5. The first kappa shape index (κ1) is 19.3. The molecule has 1 N–H and O–H groups in total. The number of aromatic amines is 1. The van der Waals surface area contributed by atoms with Crippen LogP contribution in [-0.4, -0.2) is 51.6 Å². The van der Waals surface area contributed by atoms with Crippen molar-refractivity contribution in [1.82, 2.24) is 20.2 Å². The van der Waals surface area contributed by atoms with Gasteiger partial charge < -0.3 is 14.4 Å². The fourth-order valence-electron chi connectivity index (χ4n) is 3.60. The zero-order valence-electron chi connectivity index (χ0n) is 16.7. The third-order valence-electron chi connectivity index (χ3n) is 4.89. The lowest BCUT2D eigenvalue weighted by Gasteiger charge is -2.39. The summed E-state index contributed by atoms with van der Waals surface area (Å²) in [4.78, 5) is 11.0. The van der Waals surface area contributed by atoms with E-state index in [0.29, 0.717) is 30.1 Å². The Kier molecular flexibility index (Phi) is 5.19. The maximum absolute atomic E-state index is 14.3. The van der Waals surface area contributed by atoms with E-state index in [1.807, 2.05) is 26.0 Å². The van der Waals surface area contributed by atoms with Crippen molar-refractivity contribution in [2.24, 2.45) is 0 Å². The molecule has 3 aromatic rings. The van der Waals surface area contributed by atoms with E-state index in [1.165, 1.54) is 12.4 Å². The van der Waals surface area contributed by atoms with Gasteiger partial charge in [0.05, 0.1) is 42.6 Å². The van der Waals surface area contributed by atoms with Gasteiger partial charge in [-0.1, -0.05) is 6.08 Å². The van der Waals surface area contributed by atoms with E-state index in [0.717, 1.165) is 11.2 Å². The molecule has 0 amide bonds. The molecule has 152 valence electrons. The predicted octanol–water partition coefficient (Wildman–Crippen LogP) is 3.73. The summed E-state index contributed by atoms with van der Waals surface area (Å²) in [6.07, 6.45) is 3.24. The molecule has 4 rings (SSSR count). The number of morpholine rings is 1. The molecule has 0 aliphatic carbocycles. The highest BCUT2D eigenvalue weighted by molar-refractivity contribution is 5.93. The molecule has 7 nitrogen and oxygen atoms in total. The van der Waals surface area contributed by atoms with Gasteiger partial charge in [0.25, 0.3) is 0 Å². The van der Waals surface area contributed by atoms with Gasteiger partial charge in [0.2, 0.25) is 0 Å². The van der Waals surface area contributed by atoms with Gasteiger partial charge in [0, 0.05) is 17.5 Å². The molecule has 0 bridgehead atoms. The van der Waals surface area contributed by atoms with Crippen LogP contribution in [0.15, 0.2) is 37.2 Å². The Morgan fingerprint density at radius 2 is 2.14 bits per heavy atom. The third-order valence-corrected chi connectivity index (χ3v) is 4.89. The van der Waals surface area contributed by atoms with Crippen LogP contribution in [0.25, 0.3) is 22.3 Å². The maximum atomic E-state index is 14.3. The molecule has 1 aliphatic rings. The Hall–Kier alpha value is -3.00. The molecule has 0 unspecified atom stereocenters. The predicted molar refractivity (Wildman–Crippen MR) is 110 cm³/mol. The molecule has 3 heterocycles. The molecule has 2 aromatic heterocycles. The van der Waals surface area contributed by atoms with Crippen molar-refractivity contribution in [2.45, 2.75) is 39.0 Å². The monoisotopic (exact) mass is 397 g/mol. The van der Waals surface area contributed by atoms with Gasteiger partial charge in [-0.25, -0.2) is 14.4 Å². The summed E-state index contributed by atoms with van der Waals surface area (Å²) in [6, 6.07) is 5.11. The van der Waals surface area contributed by atoms with E-state index in [9.17, 15) is 4.39 Å². The number of halogens is 1. The van der Waals surface area contributed by atoms with Gasteiger partial charge in [-0.05, 0) is 26.8 Å². The first-order valence-corrected chi connectivity index (χ1v) is 9.63. The second-order valence-corrected chi connectivity index (χ2v) is 7.43. The number of ether oxygens (including phenoxy) is 2. The normalized spacial score (nSPS) is 19.7. The number of hydrogen-bond donors (Lipinski definition) is 1. The zero-order chi connectivity index (χ0) is 20.5. The number of aromatic nitrogens is 4. The Labute approximate surface area is 168 Å². The fraction of sp³-hybridized carbons (Fsp3) is 0.381. The van der Waals surface area contributed by atoms with E-state index in [4.69, 9.17) is 9.47 Å². The minimum Gasteiger partial charge on any atom is -0.488 e. The first-order valence-electron chi connectivity index (χ1n) is 9.63. The minimum atomic E-state index is -0.430. The number of hydrogen-bond acceptors (Lipinski definition) is 6. The molecule has 2 atom stereocenters. The van der Waals surface area contributed by atoms with Crippen LogP contribution >= 0.6 is 0 Å². The maximum Gasteiger partial charge on any atom is 0.167 e. The van der Waals surface area contributed by atoms with E-state index >= 15 is 0 Å². The highest BCUT2D eigenvalue weighted by Gasteiger charge is 2.28. The highest BCUT2D eigenvalue weighted by atomic mass is 19.1. The second-order valence-electron chi connectivity index (χ2n) is 7.43. The first-order chi connectivity index (χ1) is 14.0. The topological polar surface area (TPSA) is 76.2 Å². The lowest BCUT2D eigenvalue weighted by Crippen LogP contribution is -2.50. The zero-order valence-corrected chi connectivity index (χ0v) is 16.7. The molecule has 29 heavy (non-hydrogen) atoms. The second kappa shape index (κ2) is 7.79. The summed E-state index contributed by atoms with van der Waals surface area (Å²) in [5, 5.41) is 7.99. The smallest absolute Gasteiger partial charge is 0.167 e. The SMILES string of the molecule is C=C[C@H]1COC[C@@H](C)N1c1cc(-c2n[nH]c3cc(F)c(OC(C)C)cc23)ncn1. The summed E-state index contributed by atoms with van der Waals surface area (Å²) in [7, 11) is 0. The molecule has 1 saturated heterocycles. The summed E-state index contributed by atoms with van der Waals surface area (Å²) in [5.74, 6) is 0.534. The molecule has 0 radical (unpaired) electrons.